The van der Waals surface area contributed by atoms with Gasteiger partial charge in [-0.05, 0) is 44.8 Å². The Hall–Kier alpha value is -0.800. The fraction of sp³-hybridized carbons (Fsp3) is 0.750. The average Bonchev–Trinajstić information content (AvgIpc) is 3.02. The van der Waals surface area contributed by atoms with Crippen LogP contribution in [-0.2, 0) is 13.1 Å². The predicted octanol–water partition coefficient (Wildman–Crippen LogP) is 3.40. The van der Waals surface area contributed by atoms with Crippen molar-refractivity contribution >= 4 is 0 Å². The van der Waals surface area contributed by atoms with Crippen molar-refractivity contribution in [3.63, 3.8) is 0 Å². The molecule has 108 valence electrons. The smallest absolute Gasteiger partial charge is 0.118 e. The molecule has 0 radical (unpaired) electrons. The maximum Gasteiger partial charge on any atom is 0.118 e. The minimum absolute atomic E-state index is 0.908. The predicted molar refractivity (Wildman–Crippen MR) is 79.0 cm³/mol. The zero-order chi connectivity index (χ0) is 13.5. The van der Waals surface area contributed by atoms with Crippen LogP contribution >= 0.6 is 0 Å². The van der Waals surface area contributed by atoms with Crippen LogP contribution in [0.25, 0.3) is 0 Å². The third-order valence-electron chi connectivity index (χ3n) is 3.93. The van der Waals surface area contributed by atoms with Crippen LogP contribution in [-0.4, -0.2) is 25.0 Å². The van der Waals surface area contributed by atoms with Gasteiger partial charge >= 0.3 is 0 Å². The second-order valence-corrected chi connectivity index (χ2v) is 5.95. The van der Waals surface area contributed by atoms with Crippen molar-refractivity contribution < 1.29 is 4.42 Å². The Labute approximate surface area is 117 Å². The molecule has 1 aromatic heterocycles. The minimum Gasteiger partial charge on any atom is -0.468 e. The molecular weight excluding hydrogens is 236 g/mol. The summed E-state index contributed by atoms with van der Waals surface area (Å²) in [6.45, 7) is 6.33. The van der Waals surface area contributed by atoms with Crippen LogP contribution in [0, 0.1) is 5.92 Å². The monoisotopic (exact) mass is 264 g/mol. The molecule has 3 heteroatoms. The number of nitrogens with zero attached hydrogens (tertiary/aromatic N) is 1. The molecule has 0 atom stereocenters. The van der Waals surface area contributed by atoms with Crippen LogP contribution in [0.15, 0.2) is 16.7 Å². The van der Waals surface area contributed by atoms with E-state index >= 15 is 0 Å². The molecule has 0 aromatic carbocycles. The summed E-state index contributed by atoms with van der Waals surface area (Å²) in [5, 5.41) is 3.40. The summed E-state index contributed by atoms with van der Waals surface area (Å²) >= 11 is 0. The summed E-state index contributed by atoms with van der Waals surface area (Å²) in [7, 11) is 2.20. The van der Waals surface area contributed by atoms with E-state index in [1.165, 1.54) is 44.2 Å². The third-order valence-corrected chi connectivity index (χ3v) is 3.93. The van der Waals surface area contributed by atoms with Gasteiger partial charge in [-0.25, -0.2) is 0 Å². The summed E-state index contributed by atoms with van der Waals surface area (Å²) in [4.78, 5) is 2.40. The fourth-order valence-electron chi connectivity index (χ4n) is 2.98. The van der Waals surface area contributed by atoms with E-state index in [2.05, 4.69) is 30.3 Å². The van der Waals surface area contributed by atoms with Crippen molar-refractivity contribution in [1.82, 2.24) is 10.2 Å². The van der Waals surface area contributed by atoms with E-state index in [0.29, 0.717) is 0 Å². The largest absolute Gasteiger partial charge is 0.468 e. The molecule has 1 aliphatic rings. The van der Waals surface area contributed by atoms with Gasteiger partial charge in [-0.1, -0.05) is 19.8 Å². The van der Waals surface area contributed by atoms with Crippen molar-refractivity contribution in [2.75, 3.05) is 20.1 Å². The van der Waals surface area contributed by atoms with E-state index < -0.39 is 0 Å². The molecule has 3 nitrogen and oxygen atoms in total. The van der Waals surface area contributed by atoms with Gasteiger partial charge in [0.25, 0.3) is 0 Å². The van der Waals surface area contributed by atoms with Crippen LogP contribution in [0.1, 0.15) is 50.4 Å². The van der Waals surface area contributed by atoms with Crippen molar-refractivity contribution in [2.45, 2.75) is 52.1 Å². The maximum atomic E-state index is 5.65. The highest BCUT2D eigenvalue weighted by atomic mass is 16.3. The molecule has 2 rings (SSSR count). The first-order chi connectivity index (χ1) is 9.28. The number of hydrogen-bond donors (Lipinski definition) is 1. The molecular formula is C16H28N2O. The van der Waals surface area contributed by atoms with E-state index in [1.807, 2.05) is 6.26 Å². The first kappa shape index (κ1) is 14.6. The molecule has 0 unspecified atom stereocenters. The average molecular weight is 264 g/mol. The minimum atomic E-state index is 0.908. The molecule has 0 aliphatic heterocycles. The van der Waals surface area contributed by atoms with Gasteiger partial charge in [-0.2, -0.15) is 0 Å². The number of rotatable bonds is 8. The van der Waals surface area contributed by atoms with Crippen LogP contribution in [0.2, 0.25) is 0 Å². The van der Waals surface area contributed by atoms with E-state index in [9.17, 15) is 0 Å². The van der Waals surface area contributed by atoms with Crippen molar-refractivity contribution in [3.05, 3.63) is 23.7 Å². The summed E-state index contributed by atoms with van der Waals surface area (Å²) < 4.78 is 5.65. The summed E-state index contributed by atoms with van der Waals surface area (Å²) in [5.74, 6) is 2.00. The molecule has 0 amide bonds. The molecule has 1 N–H and O–H groups in total. The van der Waals surface area contributed by atoms with Crippen LogP contribution in [0.5, 0.6) is 0 Å². The third kappa shape index (κ3) is 5.00. The van der Waals surface area contributed by atoms with Crippen molar-refractivity contribution in [3.8, 4) is 0 Å². The van der Waals surface area contributed by atoms with Gasteiger partial charge in [0.05, 0.1) is 12.8 Å². The van der Waals surface area contributed by atoms with Gasteiger partial charge < -0.3 is 9.73 Å². The second-order valence-electron chi connectivity index (χ2n) is 5.95. The van der Waals surface area contributed by atoms with E-state index in [1.54, 1.807) is 0 Å². The van der Waals surface area contributed by atoms with Crippen molar-refractivity contribution in [1.29, 1.82) is 0 Å². The highest BCUT2D eigenvalue weighted by molar-refractivity contribution is 5.12. The highest BCUT2D eigenvalue weighted by Gasteiger charge is 2.17. The van der Waals surface area contributed by atoms with Gasteiger partial charge in [-0.3, -0.25) is 4.90 Å². The molecule has 0 bridgehead atoms. The highest BCUT2D eigenvalue weighted by Crippen LogP contribution is 2.25. The molecule has 1 heterocycles. The fourth-order valence-corrected chi connectivity index (χ4v) is 2.98. The summed E-state index contributed by atoms with van der Waals surface area (Å²) in [5.41, 5.74) is 1.26. The Morgan fingerprint density at radius 3 is 2.89 bits per heavy atom. The van der Waals surface area contributed by atoms with Gasteiger partial charge in [0, 0.05) is 18.7 Å². The Morgan fingerprint density at radius 1 is 1.37 bits per heavy atom. The number of hydrogen-bond acceptors (Lipinski definition) is 3. The van der Waals surface area contributed by atoms with Crippen molar-refractivity contribution in [2.24, 2.45) is 5.92 Å². The summed E-state index contributed by atoms with van der Waals surface area (Å²) in [6, 6.07) is 2.19. The maximum absolute atomic E-state index is 5.65. The Bertz CT molecular complexity index is 355. The normalized spacial score (nSPS) is 16.6. The molecule has 0 spiro atoms. The SMILES string of the molecule is CCCNCc1coc(CN(C)CC2CCCC2)c1. The first-order valence-corrected chi connectivity index (χ1v) is 7.73. The quantitative estimate of drug-likeness (QED) is 0.729. The molecule has 19 heavy (non-hydrogen) atoms. The topological polar surface area (TPSA) is 28.4 Å². The molecule has 1 fully saturated rings. The van der Waals surface area contributed by atoms with E-state index in [-0.39, 0.29) is 0 Å². The van der Waals surface area contributed by atoms with Crippen LogP contribution < -0.4 is 5.32 Å². The van der Waals surface area contributed by atoms with E-state index in [0.717, 1.165) is 31.3 Å². The van der Waals surface area contributed by atoms with Gasteiger partial charge in [0.1, 0.15) is 5.76 Å². The second kappa shape index (κ2) is 7.71. The van der Waals surface area contributed by atoms with Gasteiger partial charge in [0.2, 0.25) is 0 Å². The first-order valence-electron chi connectivity index (χ1n) is 7.73. The lowest BCUT2D eigenvalue weighted by molar-refractivity contribution is 0.251. The van der Waals surface area contributed by atoms with Gasteiger partial charge in [-0.15, -0.1) is 0 Å². The molecule has 0 saturated heterocycles. The van der Waals surface area contributed by atoms with Crippen LogP contribution in [0.4, 0.5) is 0 Å². The Morgan fingerprint density at radius 2 is 2.16 bits per heavy atom. The molecule has 1 aliphatic carbocycles. The Kier molecular flexibility index (Phi) is 5.93. The lowest BCUT2D eigenvalue weighted by Gasteiger charge is -2.19. The van der Waals surface area contributed by atoms with E-state index in [4.69, 9.17) is 4.42 Å². The van der Waals surface area contributed by atoms with Crippen LogP contribution in [0.3, 0.4) is 0 Å². The lowest BCUT2D eigenvalue weighted by Crippen LogP contribution is -2.23. The lowest BCUT2D eigenvalue weighted by atomic mass is 10.1. The summed E-state index contributed by atoms with van der Waals surface area (Å²) in [6.07, 6.45) is 8.73. The Balaban J connectivity index is 1.72. The number of furan rings is 1. The number of nitrogens with one attached hydrogen (secondary N) is 1. The molecule has 1 aromatic rings. The zero-order valence-corrected chi connectivity index (χ0v) is 12.5. The molecule has 1 saturated carbocycles. The van der Waals surface area contributed by atoms with Gasteiger partial charge in [0.15, 0.2) is 0 Å². The standard InChI is InChI=1S/C16H28N2O/c1-3-8-17-10-15-9-16(19-13-15)12-18(2)11-14-6-4-5-7-14/h9,13-14,17H,3-8,10-12H2,1-2H3. The zero-order valence-electron chi connectivity index (χ0n) is 12.5.